The van der Waals surface area contributed by atoms with E-state index < -0.39 is 5.67 Å². The van der Waals surface area contributed by atoms with E-state index in [1.807, 2.05) is 0 Å². The van der Waals surface area contributed by atoms with Gasteiger partial charge >= 0.3 is 0 Å². The Morgan fingerprint density at radius 2 is 1.92 bits per heavy atom. The molecule has 1 aliphatic rings. The van der Waals surface area contributed by atoms with Gasteiger partial charge in [-0.1, -0.05) is 26.7 Å². The highest BCUT2D eigenvalue weighted by Gasteiger charge is 2.45. The lowest BCUT2D eigenvalue weighted by molar-refractivity contribution is 0.102. The van der Waals surface area contributed by atoms with Crippen molar-refractivity contribution in [3.05, 3.63) is 0 Å². The van der Waals surface area contributed by atoms with E-state index in [2.05, 4.69) is 13.8 Å². The highest BCUT2D eigenvalue weighted by Crippen LogP contribution is 2.45. The highest BCUT2D eigenvalue weighted by molar-refractivity contribution is 4.96. The normalized spacial score (nSPS) is 21.9. The summed E-state index contributed by atoms with van der Waals surface area (Å²) in [5, 5.41) is 0. The number of hydrogen-bond acceptors (Lipinski definition) is 1. The van der Waals surface area contributed by atoms with Crippen molar-refractivity contribution < 1.29 is 4.39 Å². The van der Waals surface area contributed by atoms with Crippen LogP contribution in [0, 0.1) is 11.8 Å². The van der Waals surface area contributed by atoms with Crippen LogP contribution < -0.4 is 5.73 Å². The van der Waals surface area contributed by atoms with Gasteiger partial charge in [-0.2, -0.15) is 0 Å². The first-order chi connectivity index (χ1) is 6.16. The highest BCUT2D eigenvalue weighted by atomic mass is 19.1. The average molecular weight is 187 g/mol. The van der Waals surface area contributed by atoms with Crippen molar-refractivity contribution >= 4 is 0 Å². The van der Waals surface area contributed by atoms with Crippen LogP contribution >= 0.6 is 0 Å². The van der Waals surface area contributed by atoms with Crippen LogP contribution in [0.3, 0.4) is 0 Å². The fourth-order valence-corrected chi connectivity index (χ4v) is 2.07. The Balaban J connectivity index is 2.45. The lowest BCUT2D eigenvalue weighted by Gasteiger charge is -2.27. The third-order valence-corrected chi connectivity index (χ3v) is 3.43. The van der Waals surface area contributed by atoms with Gasteiger partial charge in [0.25, 0.3) is 0 Å². The van der Waals surface area contributed by atoms with E-state index in [9.17, 15) is 4.39 Å². The van der Waals surface area contributed by atoms with Gasteiger partial charge in [0.1, 0.15) is 5.67 Å². The van der Waals surface area contributed by atoms with Gasteiger partial charge in [0, 0.05) is 6.54 Å². The molecular weight excluding hydrogens is 165 g/mol. The molecule has 0 saturated heterocycles. The summed E-state index contributed by atoms with van der Waals surface area (Å²) in [6.45, 7) is 4.49. The van der Waals surface area contributed by atoms with E-state index in [1.54, 1.807) is 0 Å². The molecule has 0 bridgehead atoms. The molecule has 0 aromatic carbocycles. The van der Waals surface area contributed by atoms with Crippen LogP contribution in [0.5, 0.6) is 0 Å². The van der Waals surface area contributed by atoms with Crippen LogP contribution in [0.15, 0.2) is 0 Å². The number of hydrogen-bond donors (Lipinski definition) is 1. The molecule has 0 radical (unpaired) electrons. The van der Waals surface area contributed by atoms with Crippen molar-refractivity contribution in [2.75, 3.05) is 6.54 Å². The first kappa shape index (κ1) is 11.0. The van der Waals surface area contributed by atoms with Crippen LogP contribution in [-0.4, -0.2) is 12.2 Å². The van der Waals surface area contributed by atoms with Gasteiger partial charge in [-0.05, 0) is 31.1 Å². The minimum Gasteiger partial charge on any atom is -0.328 e. The Morgan fingerprint density at radius 1 is 1.38 bits per heavy atom. The molecule has 1 nitrogen and oxygen atoms in total. The van der Waals surface area contributed by atoms with E-state index in [1.165, 1.54) is 0 Å². The van der Waals surface area contributed by atoms with Gasteiger partial charge in [0.15, 0.2) is 0 Å². The molecule has 13 heavy (non-hydrogen) atoms. The molecule has 1 aliphatic carbocycles. The topological polar surface area (TPSA) is 26.0 Å². The molecule has 2 heteroatoms. The minimum absolute atomic E-state index is 0.216. The van der Waals surface area contributed by atoms with Gasteiger partial charge in [-0.25, -0.2) is 4.39 Å². The van der Waals surface area contributed by atoms with E-state index in [4.69, 9.17) is 5.73 Å². The summed E-state index contributed by atoms with van der Waals surface area (Å²) in [4.78, 5) is 0. The Labute approximate surface area is 80.9 Å². The van der Waals surface area contributed by atoms with Gasteiger partial charge in [0.2, 0.25) is 0 Å². The SMILES string of the molecule is CCC(CC)CC(F)(CN)C1CC1. The molecular formula is C11H22FN. The molecule has 2 N–H and O–H groups in total. The van der Waals surface area contributed by atoms with Crippen molar-refractivity contribution in [3.63, 3.8) is 0 Å². The fourth-order valence-electron chi connectivity index (χ4n) is 2.07. The van der Waals surface area contributed by atoms with Crippen LogP contribution in [0.2, 0.25) is 0 Å². The molecule has 0 aliphatic heterocycles. The number of alkyl halides is 1. The quantitative estimate of drug-likeness (QED) is 0.680. The van der Waals surface area contributed by atoms with Crippen LogP contribution in [-0.2, 0) is 0 Å². The van der Waals surface area contributed by atoms with Gasteiger partial charge in [0.05, 0.1) is 0 Å². The van der Waals surface area contributed by atoms with Crippen molar-refractivity contribution in [2.45, 2.75) is 51.6 Å². The molecule has 0 amide bonds. The van der Waals surface area contributed by atoms with E-state index in [0.717, 1.165) is 25.7 Å². The Hall–Kier alpha value is -0.110. The maximum absolute atomic E-state index is 14.2. The average Bonchev–Trinajstić information content (AvgIpc) is 2.97. The Morgan fingerprint density at radius 3 is 2.23 bits per heavy atom. The van der Waals surface area contributed by atoms with Gasteiger partial charge < -0.3 is 5.73 Å². The first-order valence-electron chi connectivity index (χ1n) is 5.55. The second kappa shape index (κ2) is 4.41. The summed E-state index contributed by atoms with van der Waals surface area (Å²) in [6.07, 6.45) is 4.94. The first-order valence-corrected chi connectivity index (χ1v) is 5.55. The van der Waals surface area contributed by atoms with Crippen LogP contribution in [0.4, 0.5) is 4.39 Å². The summed E-state index contributed by atoms with van der Waals surface area (Å²) in [7, 11) is 0. The van der Waals surface area contributed by atoms with E-state index in [0.29, 0.717) is 12.3 Å². The maximum atomic E-state index is 14.2. The van der Waals surface area contributed by atoms with Crippen molar-refractivity contribution in [3.8, 4) is 0 Å². The van der Waals surface area contributed by atoms with Gasteiger partial charge in [-0.15, -0.1) is 0 Å². The molecule has 1 fully saturated rings. The molecule has 1 saturated carbocycles. The third kappa shape index (κ3) is 2.67. The van der Waals surface area contributed by atoms with Crippen LogP contribution in [0.1, 0.15) is 46.0 Å². The summed E-state index contributed by atoms with van der Waals surface area (Å²) in [5.41, 5.74) is 4.49. The summed E-state index contributed by atoms with van der Waals surface area (Å²) in [5.74, 6) is 0.798. The smallest absolute Gasteiger partial charge is 0.126 e. The predicted octanol–water partition coefficient (Wildman–Crippen LogP) is 2.89. The molecule has 0 aromatic heterocycles. The zero-order valence-corrected chi connectivity index (χ0v) is 8.85. The van der Waals surface area contributed by atoms with E-state index >= 15 is 0 Å². The molecule has 78 valence electrons. The summed E-state index contributed by atoms with van der Waals surface area (Å²) >= 11 is 0. The number of nitrogens with two attached hydrogens (primary N) is 1. The number of rotatable bonds is 6. The predicted molar refractivity (Wildman–Crippen MR) is 54.3 cm³/mol. The summed E-state index contributed by atoms with van der Waals surface area (Å²) < 4.78 is 14.2. The van der Waals surface area contributed by atoms with Gasteiger partial charge in [-0.3, -0.25) is 0 Å². The third-order valence-electron chi connectivity index (χ3n) is 3.43. The molecule has 1 atom stereocenters. The minimum atomic E-state index is -1.04. The fraction of sp³-hybridized carbons (Fsp3) is 1.00. The molecule has 1 unspecified atom stereocenters. The largest absolute Gasteiger partial charge is 0.328 e. The summed E-state index contributed by atoms with van der Waals surface area (Å²) in [6, 6.07) is 0. The lowest BCUT2D eigenvalue weighted by Crippen LogP contribution is -2.37. The molecule has 0 aromatic rings. The number of halogens is 1. The Kier molecular flexibility index (Phi) is 3.72. The van der Waals surface area contributed by atoms with Crippen molar-refractivity contribution in [2.24, 2.45) is 17.6 Å². The molecule has 0 spiro atoms. The second-order valence-electron chi connectivity index (χ2n) is 4.40. The monoisotopic (exact) mass is 187 g/mol. The molecule has 0 heterocycles. The second-order valence-corrected chi connectivity index (χ2v) is 4.40. The van der Waals surface area contributed by atoms with Crippen LogP contribution in [0.25, 0.3) is 0 Å². The Bertz CT molecular complexity index is 152. The lowest BCUT2D eigenvalue weighted by atomic mass is 9.85. The van der Waals surface area contributed by atoms with Crippen molar-refractivity contribution in [1.29, 1.82) is 0 Å². The zero-order valence-electron chi connectivity index (χ0n) is 8.85. The molecule has 1 rings (SSSR count). The standard InChI is InChI=1S/C11H22FN/c1-3-9(4-2)7-11(12,8-13)10-5-6-10/h9-10H,3-8,13H2,1-2H3. The van der Waals surface area contributed by atoms with E-state index in [-0.39, 0.29) is 12.5 Å². The maximum Gasteiger partial charge on any atom is 0.126 e. The van der Waals surface area contributed by atoms with Crippen molar-refractivity contribution in [1.82, 2.24) is 0 Å². The zero-order chi connectivity index (χ0) is 9.90.